The topological polar surface area (TPSA) is 89.9 Å². The maximum atomic E-state index is 12.2. The molecule has 2 rings (SSSR count). The number of carbonyl (C=O) groups excluding carboxylic acids is 1. The second-order valence-corrected chi connectivity index (χ2v) is 6.67. The molecule has 0 bridgehead atoms. The van der Waals surface area contributed by atoms with Crippen molar-refractivity contribution < 1.29 is 19.8 Å². The summed E-state index contributed by atoms with van der Waals surface area (Å²) in [5.74, 6) is -0.449. The molecule has 0 aromatic heterocycles. The first-order valence-electron chi connectivity index (χ1n) is 7.27. The van der Waals surface area contributed by atoms with Gasteiger partial charge in [0.15, 0.2) is 0 Å². The van der Waals surface area contributed by atoms with Gasteiger partial charge in [-0.05, 0) is 44.9 Å². The Morgan fingerprint density at radius 3 is 2.30 bits per heavy atom. The van der Waals surface area contributed by atoms with Crippen LogP contribution in [-0.4, -0.2) is 51.3 Å². The zero-order valence-corrected chi connectivity index (χ0v) is 12.2. The number of amides is 2. The van der Waals surface area contributed by atoms with Gasteiger partial charge in [0.1, 0.15) is 5.54 Å². The van der Waals surface area contributed by atoms with Crippen LogP contribution in [0.1, 0.15) is 46.0 Å². The number of carboxylic acids is 1. The Bertz CT molecular complexity index is 400. The van der Waals surface area contributed by atoms with Gasteiger partial charge in [-0.25, -0.2) is 9.59 Å². The molecule has 2 fully saturated rings. The predicted molar refractivity (Wildman–Crippen MR) is 73.3 cm³/mol. The third kappa shape index (κ3) is 3.06. The summed E-state index contributed by atoms with van der Waals surface area (Å²) in [5.41, 5.74) is -2.01. The minimum Gasteiger partial charge on any atom is -0.480 e. The fraction of sp³-hybridized carbons (Fsp3) is 0.857. The molecule has 0 aromatic carbocycles. The van der Waals surface area contributed by atoms with E-state index >= 15 is 0 Å². The number of hydrogen-bond acceptors (Lipinski definition) is 3. The van der Waals surface area contributed by atoms with Gasteiger partial charge < -0.3 is 20.4 Å². The normalized spacial score (nSPS) is 37.8. The van der Waals surface area contributed by atoms with Gasteiger partial charge in [-0.3, -0.25) is 0 Å². The highest BCUT2D eigenvalue weighted by atomic mass is 16.4. The number of rotatable bonds is 2. The first kappa shape index (κ1) is 15.1. The largest absolute Gasteiger partial charge is 0.480 e. The molecule has 1 saturated carbocycles. The van der Waals surface area contributed by atoms with Gasteiger partial charge in [0, 0.05) is 6.54 Å². The standard InChI is InChI=1S/C14H24N2O4/c1-10-3-5-14(6-4-10,11(17)18)15-12(19)16-8-7-13(2,20)9-16/h10,20H,3-9H2,1-2H3,(H,15,19)(H,17,18). The number of aliphatic hydroxyl groups is 1. The van der Waals surface area contributed by atoms with E-state index in [1.54, 1.807) is 6.92 Å². The van der Waals surface area contributed by atoms with Crippen LogP contribution in [-0.2, 0) is 4.79 Å². The van der Waals surface area contributed by atoms with Crippen LogP contribution in [0, 0.1) is 5.92 Å². The summed E-state index contributed by atoms with van der Waals surface area (Å²) in [6, 6.07) is -0.375. The van der Waals surface area contributed by atoms with Crippen LogP contribution in [0.25, 0.3) is 0 Å². The zero-order chi connectivity index (χ0) is 15.0. The van der Waals surface area contributed by atoms with E-state index < -0.39 is 17.1 Å². The van der Waals surface area contributed by atoms with E-state index in [1.165, 1.54) is 4.90 Å². The fourth-order valence-electron chi connectivity index (χ4n) is 3.05. The van der Waals surface area contributed by atoms with Gasteiger partial charge >= 0.3 is 12.0 Å². The number of β-amino-alcohol motifs (C(OH)–C–C–N with tert-alkyl or cyclic N) is 1. The average molecular weight is 284 g/mol. The molecular weight excluding hydrogens is 260 g/mol. The maximum absolute atomic E-state index is 12.2. The number of carboxylic acid groups (broad SMARTS) is 1. The average Bonchev–Trinajstić information content (AvgIpc) is 2.73. The Balaban J connectivity index is 2.02. The SMILES string of the molecule is CC1CCC(NC(=O)N2CCC(C)(O)C2)(C(=O)O)CC1. The predicted octanol–water partition coefficient (Wildman–Crippen LogP) is 1.19. The summed E-state index contributed by atoms with van der Waals surface area (Å²) in [5, 5.41) is 22.1. The quantitative estimate of drug-likeness (QED) is 0.710. The number of carbonyl (C=O) groups is 2. The van der Waals surface area contributed by atoms with Gasteiger partial charge in [0.2, 0.25) is 0 Å². The van der Waals surface area contributed by atoms with Gasteiger partial charge in [0.25, 0.3) is 0 Å². The molecule has 0 spiro atoms. The third-order valence-corrected chi connectivity index (χ3v) is 4.62. The summed E-state index contributed by atoms with van der Waals surface area (Å²) < 4.78 is 0. The highest BCUT2D eigenvalue weighted by molar-refractivity contribution is 5.86. The molecule has 1 aliphatic heterocycles. The van der Waals surface area contributed by atoms with Crippen molar-refractivity contribution in [2.24, 2.45) is 5.92 Å². The zero-order valence-electron chi connectivity index (χ0n) is 12.2. The Hall–Kier alpha value is -1.30. The molecule has 0 aromatic rings. The Morgan fingerprint density at radius 1 is 1.25 bits per heavy atom. The minimum atomic E-state index is -1.14. The van der Waals surface area contributed by atoms with Crippen LogP contribution in [0.5, 0.6) is 0 Å². The number of urea groups is 1. The lowest BCUT2D eigenvalue weighted by Crippen LogP contribution is -2.59. The summed E-state index contributed by atoms with van der Waals surface area (Å²) in [4.78, 5) is 25.3. The first-order chi connectivity index (χ1) is 9.24. The van der Waals surface area contributed by atoms with Crippen LogP contribution in [0.3, 0.4) is 0 Å². The minimum absolute atomic E-state index is 0.255. The van der Waals surface area contributed by atoms with Crippen LogP contribution in [0.15, 0.2) is 0 Å². The highest BCUT2D eigenvalue weighted by Crippen LogP contribution is 2.32. The van der Waals surface area contributed by atoms with Gasteiger partial charge in [-0.2, -0.15) is 0 Å². The van der Waals surface area contributed by atoms with Crippen LogP contribution in [0.2, 0.25) is 0 Å². The molecule has 114 valence electrons. The van der Waals surface area contributed by atoms with Crippen molar-refractivity contribution in [2.45, 2.75) is 57.1 Å². The second-order valence-electron chi connectivity index (χ2n) is 6.67. The lowest BCUT2D eigenvalue weighted by atomic mass is 9.77. The lowest BCUT2D eigenvalue weighted by molar-refractivity contribution is -0.146. The fourth-order valence-corrected chi connectivity index (χ4v) is 3.05. The molecule has 1 atom stereocenters. The van der Waals surface area contributed by atoms with Crippen molar-refractivity contribution in [1.82, 2.24) is 10.2 Å². The molecule has 6 nitrogen and oxygen atoms in total. The van der Waals surface area contributed by atoms with E-state index in [2.05, 4.69) is 12.2 Å². The van der Waals surface area contributed by atoms with Crippen LogP contribution in [0.4, 0.5) is 4.79 Å². The van der Waals surface area contributed by atoms with E-state index in [4.69, 9.17) is 0 Å². The van der Waals surface area contributed by atoms with Crippen molar-refractivity contribution in [3.05, 3.63) is 0 Å². The number of aliphatic carboxylic acids is 1. The van der Waals surface area contributed by atoms with Gasteiger partial charge in [-0.15, -0.1) is 0 Å². The summed E-state index contributed by atoms with van der Waals surface area (Å²) >= 11 is 0. The van der Waals surface area contributed by atoms with Crippen molar-refractivity contribution in [3.63, 3.8) is 0 Å². The summed E-state index contributed by atoms with van der Waals surface area (Å²) in [7, 11) is 0. The van der Waals surface area contributed by atoms with E-state index in [0.717, 1.165) is 12.8 Å². The highest BCUT2D eigenvalue weighted by Gasteiger charge is 2.44. The number of likely N-dealkylation sites (tertiary alicyclic amines) is 1. The molecule has 1 aliphatic carbocycles. The Labute approximate surface area is 119 Å². The monoisotopic (exact) mass is 284 g/mol. The number of nitrogens with zero attached hydrogens (tertiary/aromatic N) is 1. The lowest BCUT2D eigenvalue weighted by Gasteiger charge is -2.37. The first-order valence-corrected chi connectivity index (χ1v) is 7.27. The third-order valence-electron chi connectivity index (χ3n) is 4.62. The van der Waals surface area contributed by atoms with Crippen LogP contribution < -0.4 is 5.32 Å². The van der Waals surface area contributed by atoms with Crippen molar-refractivity contribution in [3.8, 4) is 0 Å². The van der Waals surface area contributed by atoms with Crippen LogP contribution >= 0.6 is 0 Å². The van der Waals surface area contributed by atoms with Crippen molar-refractivity contribution in [1.29, 1.82) is 0 Å². The van der Waals surface area contributed by atoms with E-state index in [9.17, 15) is 19.8 Å². The summed E-state index contributed by atoms with van der Waals surface area (Å²) in [6.45, 7) is 4.51. The second kappa shape index (κ2) is 5.24. The Kier molecular flexibility index (Phi) is 3.95. The number of nitrogens with one attached hydrogen (secondary N) is 1. The van der Waals surface area contributed by atoms with Crippen molar-refractivity contribution in [2.75, 3.05) is 13.1 Å². The smallest absolute Gasteiger partial charge is 0.329 e. The van der Waals surface area contributed by atoms with E-state index in [-0.39, 0.29) is 12.6 Å². The molecule has 1 unspecified atom stereocenters. The molecule has 1 heterocycles. The summed E-state index contributed by atoms with van der Waals surface area (Å²) in [6.07, 6.45) is 3.09. The molecule has 20 heavy (non-hydrogen) atoms. The molecule has 1 saturated heterocycles. The molecule has 0 radical (unpaired) electrons. The molecule has 2 aliphatic rings. The maximum Gasteiger partial charge on any atom is 0.329 e. The van der Waals surface area contributed by atoms with E-state index in [1.807, 2.05) is 0 Å². The van der Waals surface area contributed by atoms with Gasteiger partial charge in [0.05, 0.1) is 12.1 Å². The van der Waals surface area contributed by atoms with Gasteiger partial charge in [-0.1, -0.05) is 6.92 Å². The molecule has 6 heteroatoms. The number of hydrogen-bond donors (Lipinski definition) is 3. The molecule has 3 N–H and O–H groups in total. The van der Waals surface area contributed by atoms with Crippen molar-refractivity contribution >= 4 is 12.0 Å². The molecule has 2 amide bonds. The van der Waals surface area contributed by atoms with E-state index in [0.29, 0.717) is 31.7 Å². The Morgan fingerprint density at radius 2 is 1.85 bits per heavy atom. The molecular formula is C14H24N2O4.